The highest BCUT2D eigenvalue weighted by atomic mass is 19.2. The third kappa shape index (κ3) is 3.03. The Hall–Kier alpha value is -2.83. The van der Waals surface area contributed by atoms with Crippen molar-refractivity contribution in [3.05, 3.63) is 64.6 Å². The summed E-state index contributed by atoms with van der Waals surface area (Å²) in [6.07, 6.45) is 0. The van der Waals surface area contributed by atoms with Crippen molar-refractivity contribution >= 4 is 11.6 Å². The lowest BCUT2D eigenvalue weighted by Crippen LogP contribution is -2.24. The Morgan fingerprint density at radius 3 is 2.70 bits per heavy atom. The number of benzene rings is 1. The number of hydrogen-bond donors (Lipinski definition) is 1. The van der Waals surface area contributed by atoms with Crippen LogP contribution in [0.5, 0.6) is 0 Å². The molecule has 1 aromatic carbocycles. The average Bonchev–Trinajstić information content (AvgIpc) is 2.89. The van der Waals surface area contributed by atoms with Crippen molar-refractivity contribution in [2.75, 3.05) is 0 Å². The van der Waals surface area contributed by atoms with Crippen LogP contribution >= 0.6 is 0 Å². The van der Waals surface area contributed by atoms with Gasteiger partial charge in [-0.2, -0.15) is 5.10 Å². The van der Waals surface area contributed by atoms with Crippen molar-refractivity contribution in [1.82, 2.24) is 19.9 Å². The normalized spacial score (nSPS) is 11.0. The summed E-state index contributed by atoms with van der Waals surface area (Å²) in [5.74, 6) is -2.25. The largest absolute Gasteiger partial charge is 0.347 e. The monoisotopic (exact) mass is 316 g/mol. The maximum Gasteiger partial charge on any atom is 0.270 e. The van der Waals surface area contributed by atoms with Crippen LogP contribution in [0, 0.1) is 25.5 Å². The van der Waals surface area contributed by atoms with Crippen molar-refractivity contribution in [3.63, 3.8) is 0 Å². The molecule has 0 spiro atoms. The Labute approximate surface area is 131 Å². The third-order valence-electron chi connectivity index (χ3n) is 3.40. The van der Waals surface area contributed by atoms with E-state index in [2.05, 4.69) is 15.4 Å². The molecule has 0 atom stereocenters. The topological polar surface area (TPSA) is 59.3 Å². The zero-order valence-electron chi connectivity index (χ0n) is 12.6. The van der Waals surface area contributed by atoms with Crippen LogP contribution in [0.2, 0.25) is 0 Å². The molecule has 2 heterocycles. The summed E-state index contributed by atoms with van der Waals surface area (Å²) >= 11 is 0. The van der Waals surface area contributed by atoms with E-state index >= 15 is 0 Å². The Morgan fingerprint density at radius 1 is 1.17 bits per heavy atom. The molecule has 5 nitrogen and oxygen atoms in total. The van der Waals surface area contributed by atoms with Gasteiger partial charge < -0.3 is 5.32 Å². The van der Waals surface area contributed by atoms with Gasteiger partial charge in [0.25, 0.3) is 5.91 Å². The van der Waals surface area contributed by atoms with E-state index in [1.54, 1.807) is 16.6 Å². The predicted molar refractivity (Wildman–Crippen MR) is 80.0 cm³/mol. The molecule has 0 fully saturated rings. The Kier molecular flexibility index (Phi) is 3.77. The van der Waals surface area contributed by atoms with E-state index in [9.17, 15) is 13.6 Å². The smallest absolute Gasteiger partial charge is 0.270 e. The maximum atomic E-state index is 13.1. The highest BCUT2D eigenvalue weighted by Crippen LogP contribution is 2.10. The van der Waals surface area contributed by atoms with Gasteiger partial charge in [0, 0.05) is 18.3 Å². The molecule has 0 saturated heterocycles. The second-order valence-corrected chi connectivity index (χ2v) is 5.27. The van der Waals surface area contributed by atoms with E-state index in [0.717, 1.165) is 23.5 Å². The van der Waals surface area contributed by atoms with Crippen LogP contribution in [0.25, 0.3) is 5.65 Å². The highest BCUT2D eigenvalue weighted by molar-refractivity contribution is 5.92. The molecule has 0 bridgehead atoms. The number of nitrogens with one attached hydrogen (secondary N) is 1. The maximum absolute atomic E-state index is 13.1. The van der Waals surface area contributed by atoms with E-state index in [1.807, 2.05) is 13.8 Å². The average molecular weight is 316 g/mol. The van der Waals surface area contributed by atoms with E-state index in [4.69, 9.17) is 0 Å². The van der Waals surface area contributed by atoms with Gasteiger partial charge in [0.05, 0.1) is 5.69 Å². The number of carbonyl (C=O) groups is 1. The number of aromatic nitrogens is 3. The van der Waals surface area contributed by atoms with Crippen molar-refractivity contribution < 1.29 is 13.6 Å². The molecule has 0 radical (unpaired) electrons. The molecular weight excluding hydrogens is 302 g/mol. The Balaban J connectivity index is 1.79. The molecule has 0 aliphatic rings. The molecule has 3 aromatic rings. The summed E-state index contributed by atoms with van der Waals surface area (Å²) in [5.41, 5.74) is 2.88. The van der Waals surface area contributed by atoms with Gasteiger partial charge in [-0.05, 0) is 37.6 Å². The van der Waals surface area contributed by atoms with E-state index in [0.29, 0.717) is 11.2 Å². The first-order chi connectivity index (χ1) is 10.9. The number of carbonyl (C=O) groups excluding carboxylic acids is 1. The second-order valence-electron chi connectivity index (χ2n) is 5.27. The number of rotatable bonds is 3. The van der Waals surface area contributed by atoms with E-state index < -0.39 is 11.6 Å². The molecular formula is C16H14F2N4O. The van der Waals surface area contributed by atoms with Gasteiger partial charge in [-0.25, -0.2) is 18.3 Å². The standard InChI is InChI=1S/C16H14F2N4O/c1-9-5-15-20-14(6-10(2)22(15)21-9)16(23)19-8-11-3-4-12(17)13(18)7-11/h3-7H,8H2,1-2H3,(H,19,23). The van der Waals surface area contributed by atoms with Crippen LogP contribution in [0.4, 0.5) is 8.78 Å². The van der Waals surface area contributed by atoms with Gasteiger partial charge in [-0.3, -0.25) is 4.79 Å². The minimum Gasteiger partial charge on any atom is -0.347 e. The zero-order chi connectivity index (χ0) is 16.6. The molecule has 7 heteroatoms. The summed E-state index contributed by atoms with van der Waals surface area (Å²) in [6.45, 7) is 3.75. The molecule has 118 valence electrons. The lowest BCUT2D eigenvalue weighted by atomic mass is 10.2. The molecule has 0 aliphatic carbocycles. The Morgan fingerprint density at radius 2 is 1.96 bits per heavy atom. The summed E-state index contributed by atoms with van der Waals surface area (Å²) in [4.78, 5) is 16.5. The van der Waals surface area contributed by atoms with Crippen LogP contribution in [0.15, 0.2) is 30.3 Å². The third-order valence-corrected chi connectivity index (χ3v) is 3.40. The predicted octanol–water partition coefficient (Wildman–Crippen LogP) is 2.55. The molecule has 0 saturated carbocycles. The van der Waals surface area contributed by atoms with Gasteiger partial charge in [0.2, 0.25) is 0 Å². The molecule has 2 aromatic heterocycles. The molecule has 0 aliphatic heterocycles. The van der Waals surface area contributed by atoms with Gasteiger partial charge in [-0.1, -0.05) is 6.07 Å². The summed E-state index contributed by atoms with van der Waals surface area (Å²) < 4.78 is 27.7. The lowest BCUT2D eigenvalue weighted by molar-refractivity contribution is 0.0946. The molecule has 0 unspecified atom stereocenters. The van der Waals surface area contributed by atoms with Gasteiger partial charge in [0.15, 0.2) is 17.3 Å². The fraction of sp³-hybridized carbons (Fsp3) is 0.188. The minimum atomic E-state index is -0.943. The summed E-state index contributed by atoms with van der Waals surface area (Å²) in [5, 5.41) is 6.91. The second kappa shape index (κ2) is 5.75. The SMILES string of the molecule is Cc1cc2nc(C(=O)NCc3ccc(F)c(F)c3)cc(C)n2n1. The minimum absolute atomic E-state index is 0.0836. The van der Waals surface area contributed by atoms with Crippen LogP contribution in [-0.4, -0.2) is 20.5 Å². The summed E-state index contributed by atoms with van der Waals surface area (Å²) in [7, 11) is 0. The number of nitrogens with zero attached hydrogens (tertiary/aromatic N) is 3. The number of aryl methyl sites for hydroxylation is 2. The summed E-state index contributed by atoms with van der Waals surface area (Å²) in [6, 6.07) is 6.90. The molecule has 1 N–H and O–H groups in total. The fourth-order valence-corrected chi connectivity index (χ4v) is 2.28. The van der Waals surface area contributed by atoms with Gasteiger partial charge in [0.1, 0.15) is 5.69 Å². The molecule has 1 amide bonds. The lowest BCUT2D eigenvalue weighted by Gasteiger charge is -2.07. The van der Waals surface area contributed by atoms with Crippen LogP contribution < -0.4 is 5.32 Å². The van der Waals surface area contributed by atoms with Crippen molar-refractivity contribution in [1.29, 1.82) is 0 Å². The van der Waals surface area contributed by atoms with Crippen LogP contribution in [0.3, 0.4) is 0 Å². The van der Waals surface area contributed by atoms with Crippen molar-refractivity contribution in [2.24, 2.45) is 0 Å². The quantitative estimate of drug-likeness (QED) is 0.808. The van der Waals surface area contributed by atoms with Crippen molar-refractivity contribution in [2.45, 2.75) is 20.4 Å². The Bertz CT molecular complexity index is 904. The van der Waals surface area contributed by atoms with E-state index in [-0.39, 0.29) is 18.1 Å². The van der Waals surface area contributed by atoms with Crippen LogP contribution in [0.1, 0.15) is 27.4 Å². The van der Waals surface area contributed by atoms with Gasteiger partial charge >= 0.3 is 0 Å². The molecule has 23 heavy (non-hydrogen) atoms. The first kappa shape index (κ1) is 15.1. The van der Waals surface area contributed by atoms with Gasteiger partial charge in [-0.15, -0.1) is 0 Å². The highest BCUT2D eigenvalue weighted by Gasteiger charge is 2.12. The van der Waals surface area contributed by atoms with E-state index in [1.165, 1.54) is 6.07 Å². The van der Waals surface area contributed by atoms with Crippen molar-refractivity contribution in [3.8, 4) is 0 Å². The molecule has 3 rings (SSSR count). The van der Waals surface area contributed by atoms with Crippen LogP contribution in [-0.2, 0) is 6.54 Å². The number of fused-ring (bicyclic) bond motifs is 1. The number of halogens is 2. The fourth-order valence-electron chi connectivity index (χ4n) is 2.28. The first-order valence-corrected chi connectivity index (χ1v) is 7.00. The number of amides is 1. The number of hydrogen-bond acceptors (Lipinski definition) is 3. The zero-order valence-corrected chi connectivity index (χ0v) is 12.6. The first-order valence-electron chi connectivity index (χ1n) is 7.00.